The first-order valence-electron chi connectivity index (χ1n) is 23.9. The van der Waals surface area contributed by atoms with Crippen molar-refractivity contribution in [2.45, 2.75) is 72.1 Å². The van der Waals surface area contributed by atoms with Gasteiger partial charge in [0.25, 0.3) is 0 Å². The summed E-state index contributed by atoms with van der Waals surface area (Å²) in [6.07, 6.45) is -0.417. The van der Waals surface area contributed by atoms with Crippen LogP contribution in [0.4, 0.5) is 0 Å². The maximum absolute atomic E-state index is 6.97. The molecule has 0 saturated carbocycles. The van der Waals surface area contributed by atoms with E-state index in [1.165, 1.54) is 0 Å². The van der Waals surface area contributed by atoms with Gasteiger partial charge in [0.05, 0.1) is 106 Å². The summed E-state index contributed by atoms with van der Waals surface area (Å²) in [5, 5.41) is 0. The Kier molecular flexibility index (Phi) is 25.4. The molecule has 0 aromatic heterocycles. The molecule has 12 heteroatoms. The second-order valence-corrected chi connectivity index (χ2v) is 17.7. The summed E-state index contributed by atoms with van der Waals surface area (Å²) in [6, 6.07) is 40.8. The highest BCUT2D eigenvalue weighted by atomic mass is 16.8. The van der Waals surface area contributed by atoms with Gasteiger partial charge in [-0.1, -0.05) is 142 Å². The topological polar surface area (TPSA) is 98.8 Å². The van der Waals surface area contributed by atoms with Gasteiger partial charge in [0.1, 0.15) is 12.2 Å². The molecule has 0 unspecified atom stereocenters. The van der Waals surface area contributed by atoms with Crippen LogP contribution in [0, 0.1) is 5.41 Å². The molecule has 0 bridgehead atoms. The fourth-order valence-electron chi connectivity index (χ4n) is 7.23. The second-order valence-electron chi connectivity index (χ2n) is 17.7. The van der Waals surface area contributed by atoms with Gasteiger partial charge >= 0.3 is 0 Å². The number of hydrogen-bond donors (Lipinski definition) is 0. The normalized spacial score (nSPS) is 16.2. The fraction of sp³-hybridized carbons (Fsp3) is 0.556. The van der Waals surface area contributed by atoms with E-state index in [0.29, 0.717) is 145 Å². The number of benzene rings is 4. The summed E-state index contributed by atoms with van der Waals surface area (Å²) in [6.45, 7) is 21.3. The van der Waals surface area contributed by atoms with Gasteiger partial charge < -0.3 is 47.4 Å². The van der Waals surface area contributed by atoms with Crippen LogP contribution in [0.15, 0.2) is 121 Å². The third kappa shape index (κ3) is 21.6. The molecule has 66 heavy (non-hydrogen) atoms. The van der Waals surface area contributed by atoms with Gasteiger partial charge in [-0.2, -0.15) is 0 Å². The van der Waals surface area contributed by atoms with Gasteiger partial charge in [0, 0.05) is 44.7 Å². The van der Waals surface area contributed by atoms with Gasteiger partial charge in [-0.05, 0) is 29.2 Å². The zero-order valence-electron chi connectivity index (χ0n) is 40.2. The molecule has 1 aliphatic rings. The second kappa shape index (κ2) is 31.4. The highest BCUT2D eigenvalue weighted by molar-refractivity contribution is 5.15. The number of ether oxygens (including phenoxy) is 10. The molecule has 0 N–H and O–H groups in total. The van der Waals surface area contributed by atoms with E-state index in [1.54, 1.807) is 0 Å². The lowest BCUT2D eigenvalue weighted by atomic mass is 9.87. The molecule has 1 fully saturated rings. The van der Waals surface area contributed by atoms with Crippen molar-refractivity contribution in [2.24, 2.45) is 5.41 Å². The Morgan fingerprint density at radius 2 is 0.621 bits per heavy atom. The molecule has 4 aromatic carbocycles. The van der Waals surface area contributed by atoms with Crippen molar-refractivity contribution in [1.82, 2.24) is 9.80 Å². The number of nitrogens with zero attached hydrogens (tertiary/aromatic N) is 2. The predicted octanol–water partition coefficient (Wildman–Crippen LogP) is 8.07. The molecule has 1 heterocycles. The zero-order valence-corrected chi connectivity index (χ0v) is 40.2. The minimum Gasteiger partial charge on any atom is -0.378 e. The SMILES string of the molecule is CC(C)(C)C1(C)O[C@@H](CN(CCOCCOCc2ccccc2)CCOCCOCc2ccccc2)[C@H](CN(CCOCCOCc2ccccc2)CCOCCOCc2ccccc2)O1. The number of hydrogen-bond acceptors (Lipinski definition) is 12. The Labute approximate surface area is 395 Å². The van der Waals surface area contributed by atoms with Crippen LogP contribution in [-0.2, 0) is 73.8 Å². The first-order chi connectivity index (χ1) is 32.3. The van der Waals surface area contributed by atoms with Crippen LogP contribution in [0.25, 0.3) is 0 Å². The molecule has 4 aromatic rings. The molecule has 5 rings (SSSR count). The van der Waals surface area contributed by atoms with Crippen LogP contribution in [0.1, 0.15) is 49.9 Å². The molecule has 0 aliphatic carbocycles. The minimum atomic E-state index is -0.794. The predicted molar refractivity (Wildman–Crippen MR) is 258 cm³/mol. The van der Waals surface area contributed by atoms with Crippen molar-refractivity contribution in [3.05, 3.63) is 144 Å². The van der Waals surface area contributed by atoms with Crippen LogP contribution in [0.2, 0.25) is 0 Å². The van der Waals surface area contributed by atoms with Crippen LogP contribution in [0.3, 0.4) is 0 Å². The van der Waals surface area contributed by atoms with Crippen molar-refractivity contribution in [1.29, 1.82) is 0 Å². The Bertz CT molecular complexity index is 1540. The lowest BCUT2D eigenvalue weighted by Crippen LogP contribution is -2.46. The summed E-state index contributed by atoms with van der Waals surface area (Å²) in [5.74, 6) is -0.794. The Balaban J connectivity index is 1.15. The summed E-state index contributed by atoms with van der Waals surface area (Å²) >= 11 is 0. The van der Waals surface area contributed by atoms with Crippen molar-refractivity contribution in [3.63, 3.8) is 0 Å². The Hall–Kier alpha value is -3.60. The van der Waals surface area contributed by atoms with Gasteiger partial charge in [-0.3, -0.25) is 9.80 Å². The molecule has 2 atom stereocenters. The standard InChI is InChI=1S/C54H78N2O10/c1-53(2,3)54(4)65-51(41-55(25-29-57-33-37-61-43-47-17-9-5-10-18-47)26-30-58-34-38-62-44-48-19-11-6-12-20-48)52(66-54)42-56(27-31-59-35-39-63-45-49-21-13-7-14-22-49)28-32-60-36-40-64-46-50-23-15-8-16-24-50/h5-24,51-52H,25-46H2,1-4H3/t51-,52-/m0/s1. The van der Waals surface area contributed by atoms with Gasteiger partial charge in [-0.25, -0.2) is 0 Å². The van der Waals surface area contributed by atoms with Gasteiger partial charge in [0.2, 0.25) is 0 Å². The van der Waals surface area contributed by atoms with Gasteiger partial charge in [-0.15, -0.1) is 0 Å². The minimum absolute atomic E-state index is 0.209. The highest BCUT2D eigenvalue weighted by Gasteiger charge is 2.51. The van der Waals surface area contributed by atoms with E-state index in [9.17, 15) is 0 Å². The lowest BCUT2D eigenvalue weighted by Gasteiger charge is -2.37. The van der Waals surface area contributed by atoms with Crippen LogP contribution in [0.5, 0.6) is 0 Å². The quantitative estimate of drug-likeness (QED) is 0.0413. The average molecular weight is 915 g/mol. The average Bonchev–Trinajstić information content (AvgIpc) is 3.66. The molecular formula is C54H78N2O10. The first kappa shape index (κ1) is 53.4. The highest BCUT2D eigenvalue weighted by Crippen LogP contribution is 2.42. The van der Waals surface area contributed by atoms with Crippen molar-refractivity contribution in [2.75, 3.05) is 119 Å². The van der Waals surface area contributed by atoms with E-state index < -0.39 is 5.79 Å². The van der Waals surface area contributed by atoms with Crippen molar-refractivity contribution in [3.8, 4) is 0 Å². The van der Waals surface area contributed by atoms with Crippen LogP contribution >= 0.6 is 0 Å². The van der Waals surface area contributed by atoms with E-state index >= 15 is 0 Å². The molecule has 364 valence electrons. The Morgan fingerprint density at radius 3 is 0.864 bits per heavy atom. The van der Waals surface area contributed by atoms with E-state index in [2.05, 4.69) is 86.0 Å². The summed E-state index contributed by atoms with van der Waals surface area (Å²) in [7, 11) is 0. The first-order valence-corrected chi connectivity index (χ1v) is 23.9. The Morgan fingerprint density at radius 1 is 0.379 bits per heavy atom. The molecular weight excluding hydrogens is 837 g/mol. The zero-order chi connectivity index (χ0) is 46.4. The third-order valence-electron chi connectivity index (χ3n) is 11.5. The van der Waals surface area contributed by atoms with E-state index in [4.69, 9.17) is 47.4 Å². The molecule has 0 spiro atoms. The fourth-order valence-corrected chi connectivity index (χ4v) is 7.23. The molecule has 1 saturated heterocycles. The third-order valence-corrected chi connectivity index (χ3v) is 11.5. The largest absolute Gasteiger partial charge is 0.378 e. The molecule has 0 radical (unpaired) electrons. The van der Waals surface area contributed by atoms with Crippen LogP contribution in [-0.4, -0.2) is 146 Å². The summed E-state index contributed by atoms with van der Waals surface area (Å²) in [4.78, 5) is 4.74. The van der Waals surface area contributed by atoms with Crippen LogP contribution < -0.4 is 0 Å². The van der Waals surface area contributed by atoms with E-state index in [0.717, 1.165) is 22.3 Å². The maximum atomic E-state index is 6.97. The molecule has 0 amide bonds. The maximum Gasteiger partial charge on any atom is 0.171 e. The summed E-state index contributed by atoms with van der Waals surface area (Å²) in [5.41, 5.74) is 4.33. The van der Waals surface area contributed by atoms with Crippen molar-refractivity contribution >= 4 is 0 Å². The lowest BCUT2D eigenvalue weighted by molar-refractivity contribution is -0.225. The number of rotatable bonds is 36. The molecule has 12 nitrogen and oxygen atoms in total. The van der Waals surface area contributed by atoms with Crippen molar-refractivity contribution < 1.29 is 47.4 Å². The smallest absolute Gasteiger partial charge is 0.171 e. The van der Waals surface area contributed by atoms with Gasteiger partial charge in [0.15, 0.2) is 5.79 Å². The molecule has 1 aliphatic heterocycles. The van der Waals surface area contributed by atoms with E-state index in [-0.39, 0.29) is 17.6 Å². The van der Waals surface area contributed by atoms with E-state index in [1.807, 2.05) is 72.8 Å². The monoisotopic (exact) mass is 915 g/mol. The summed E-state index contributed by atoms with van der Waals surface area (Å²) < 4.78 is 61.9.